The Morgan fingerprint density at radius 1 is 1.00 bits per heavy atom. The van der Waals surface area contributed by atoms with Gasteiger partial charge in [0, 0.05) is 0 Å². The minimum atomic E-state index is -3.54. The van der Waals surface area contributed by atoms with Gasteiger partial charge >= 0.3 is 0 Å². The third kappa shape index (κ3) is 2.81. The van der Waals surface area contributed by atoms with E-state index in [1.807, 2.05) is 43.3 Å². The maximum absolute atomic E-state index is 12.5. The maximum Gasteiger partial charge on any atom is 0.261 e. The van der Waals surface area contributed by atoms with E-state index in [1.54, 1.807) is 12.1 Å². The van der Waals surface area contributed by atoms with Crippen LogP contribution in [0.1, 0.15) is 30.9 Å². The molecule has 2 aromatic rings. The smallest absolute Gasteiger partial charge is 0.261 e. The minimum absolute atomic E-state index is 0.117. The highest BCUT2D eigenvalue weighted by Crippen LogP contribution is 2.50. The van der Waals surface area contributed by atoms with Crippen LogP contribution >= 0.6 is 0 Å². The molecule has 0 amide bonds. The lowest BCUT2D eigenvalue weighted by molar-refractivity contribution is 0.601. The third-order valence-electron chi connectivity index (χ3n) is 4.15. The Morgan fingerprint density at radius 3 is 2.24 bits per heavy atom. The van der Waals surface area contributed by atoms with Gasteiger partial charge in [-0.3, -0.25) is 4.72 Å². The van der Waals surface area contributed by atoms with Crippen molar-refractivity contribution in [1.29, 1.82) is 0 Å². The molecule has 0 heterocycles. The highest BCUT2D eigenvalue weighted by Gasteiger charge is 2.40. The molecule has 3 nitrogen and oxygen atoms in total. The fourth-order valence-electron chi connectivity index (χ4n) is 2.48. The van der Waals surface area contributed by atoms with Crippen molar-refractivity contribution in [2.45, 2.75) is 37.0 Å². The van der Waals surface area contributed by atoms with Crippen LogP contribution < -0.4 is 4.72 Å². The normalized spacial score (nSPS) is 16.5. The van der Waals surface area contributed by atoms with Crippen LogP contribution in [-0.2, 0) is 15.4 Å². The van der Waals surface area contributed by atoms with E-state index in [1.165, 1.54) is 0 Å². The zero-order chi connectivity index (χ0) is 15.1. The number of hydrogen-bond donors (Lipinski definition) is 1. The molecule has 1 fully saturated rings. The van der Waals surface area contributed by atoms with Gasteiger partial charge in [0.05, 0.1) is 10.6 Å². The molecule has 21 heavy (non-hydrogen) atoms. The predicted molar refractivity (Wildman–Crippen MR) is 85.0 cm³/mol. The summed E-state index contributed by atoms with van der Waals surface area (Å²) >= 11 is 0. The Bertz CT molecular complexity index is 760. The van der Waals surface area contributed by atoms with E-state index >= 15 is 0 Å². The van der Waals surface area contributed by atoms with Gasteiger partial charge in [0.15, 0.2) is 0 Å². The summed E-state index contributed by atoms with van der Waals surface area (Å²) in [4.78, 5) is 0.295. The van der Waals surface area contributed by atoms with Gasteiger partial charge in [-0.25, -0.2) is 8.42 Å². The second-order valence-electron chi connectivity index (χ2n) is 6.02. The van der Waals surface area contributed by atoms with E-state index in [9.17, 15) is 8.42 Å². The van der Waals surface area contributed by atoms with Crippen molar-refractivity contribution in [1.82, 2.24) is 0 Å². The molecule has 110 valence electrons. The third-order valence-corrected chi connectivity index (χ3v) is 5.53. The topological polar surface area (TPSA) is 46.2 Å². The van der Waals surface area contributed by atoms with Crippen LogP contribution in [0.2, 0.25) is 0 Å². The number of nitrogens with one attached hydrogen (secondary N) is 1. The Balaban J connectivity index is 1.95. The van der Waals surface area contributed by atoms with Crippen molar-refractivity contribution < 1.29 is 8.42 Å². The number of hydrogen-bond acceptors (Lipinski definition) is 2. The summed E-state index contributed by atoms with van der Waals surface area (Å²) in [5.74, 6) is 0. The van der Waals surface area contributed by atoms with Gasteiger partial charge in [0.2, 0.25) is 0 Å². The molecule has 4 heteroatoms. The summed E-state index contributed by atoms with van der Waals surface area (Å²) in [6.45, 7) is 4.11. The summed E-state index contributed by atoms with van der Waals surface area (Å²) in [6, 6.07) is 14.6. The van der Waals surface area contributed by atoms with Crippen molar-refractivity contribution in [2.75, 3.05) is 4.72 Å². The number of rotatable bonds is 4. The van der Waals surface area contributed by atoms with Crippen LogP contribution in [0.5, 0.6) is 0 Å². The van der Waals surface area contributed by atoms with E-state index in [2.05, 4.69) is 11.6 Å². The zero-order valence-corrected chi connectivity index (χ0v) is 13.1. The van der Waals surface area contributed by atoms with Gasteiger partial charge < -0.3 is 0 Å². The summed E-state index contributed by atoms with van der Waals surface area (Å²) in [5, 5.41) is 0. The summed E-state index contributed by atoms with van der Waals surface area (Å²) in [6.07, 6.45) is 2.21. The van der Waals surface area contributed by atoms with Crippen molar-refractivity contribution in [3.05, 3.63) is 59.7 Å². The lowest BCUT2D eigenvalue weighted by atomic mass is 9.97. The number of anilines is 1. The van der Waals surface area contributed by atoms with Crippen LogP contribution in [-0.4, -0.2) is 8.42 Å². The Labute approximate surface area is 126 Å². The van der Waals surface area contributed by atoms with Crippen LogP contribution in [0.3, 0.4) is 0 Å². The van der Waals surface area contributed by atoms with Crippen LogP contribution in [0, 0.1) is 6.92 Å². The Kier molecular flexibility index (Phi) is 3.29. The van der Waals surface area contributed by atoms with Gasteiger partial charge in [-0.05, 0) is 48.9 Å². The molecule has 3 rings (SSSR count). The quantitative estimate of drug-likeness (QED) is 0.932. The second kappa shape index (κ2) is 4.88. The molecule has 1 aliphatic carbocycles. The van der Waals surface area contributed by atoms with Crippen molar-refractivity contribution >= 4 is 15.7 Å². The lowest BCUT2D eigenvalue weighted by Gasteiger charge is -2.16. The van der Waals surface area contributed by atoms with Crippen molar-refractivity contribution in [3.63, 3.8) is 0 Å². The fourth-order valence-corrected chi connectivity index (χ4v) is 3.56. The molecule has 1 aliphatic rings. The summed E-state index contributed by atoms with van der Waals surface area (Å²) in [7, 11) is -3.54. The largest absolute Gasteiger partial charge is 0.279 e. The summed E-state index contributed by atoms with van der Waals surface area (Å²) in [5.41, 5.74) is 2.94. The lowest BCUT2D eigenvalue weighted by Crippen LogP contribution is -2.16. The van der Waals surface area contributed by atoms with E-state index in [0.717, 1.165) is 24.0 Å². The fraction of sp³-hybridized carbons (Fsp3) is 0.294. The van der Waals surface area contributed by atoms with Crippen molar-refractivity contribution in [3.8, 4) is 0 Å². The van der Waals surface area contributed by atoms with E-state index in [4.69, 9.17) is 0 Å². The molecule has 1 N–H and O–H groups in total. The molecule has 0 bridgehead atoms. The zero-order valence-electron chi connectivity index (χ0n) is 12.3. The van der Waals surface area contributed by atoms with Gasteiger partial charge in [0.1, 0.15) is 0 Å². The SMILES string of the molecule is Cc1ccc(S(=O)(=O)Nc2ccccc2C2(C)CC2)cc1. The molecule has 0 radical (unpaired) electrons. The number of aryl methyl sites for hydroxylation is 1. The molecule has 0 atom stereocenters. The standard InChI is InChI=1S/C17H19NO2S/c1-13-7-9-14(10-8-13)21(19,20)18-16-6-4-3-5-15(16)17(2)11-12-17/h3-10,18H,11-12H2,1-2H3. The van der Waals surface area contributed by atoms with Crippen LogP contribution in [0.25, 0.3) is 0 Å². The first-order chi connectivity index (χ1) is 9.91. The highest BCUT2D eigenvalue weighted by atomic mass is 32.2. The maximum atomic E-state index is 12.5. The summed E-state index contributed by atoms with van der Waals surface area (Å²) < 4.78 is 27.7. The second-order valence-corrected chi connectivity index (χ2v) is 7.71. The average Bonchev–Trinajstić information content (AvgIpc) is 3.18. The number of sulfonamides is 1. The molecular weight excluding hydrogens is 282 g/mol. The molecule has 0 unspecified atom stereocenters. The van der Waals surface area contributed by atoms with Crippen LogP contribution in [0.15, 0.2) is 53.4 Å². The van der Waals surface area contributed by atoms with Gasteiger partial charge in [-0.15, -0.1) is 0 Å². The molecular formula is C17H19NO2S. The van der Waals surface area contributed by atoms with Gasteiger partial charge in [-0.1, -0.05) is 42.8 Å². The highest BCUT2D eigenvalue weighted by molar-refractivity contribution is 7.92. The van der Waals surface area contributed by atoms with E-state index in [0.29, 0.717) is 10.6 Å². The number of benzene rings is 2. The van der Waals surface area contributed by atoms with Crippen molar-refractivity contribution in [2.24, 2.45) is 0 Å². The monoisotopic (exact) mass is 301 g/mol. The molecule has 0 saturated heterocycles. The first-order valence-electron chi connectivity index (χ1n) is 7.10. The molecule has 0 aliphatic heterocycles. The minimum Gasteiger partial charge on any atom is -0.279 e. The van der Waals surface area contributed by atoms with E-state index in [-0.39, 0.29) is 5.41 Å². The first kappa shape index (κ1) is 14.1. The molecule has 0 aromatic heterocycles. The average molecular weight is 301 g/mol. The number of para-hydroxylation sites is 1. The van der Waals surface area contributed by atoms with E-state index < -0.39 is 10.0 Å². The molecule has 0 spiro atoms. The van der Waals surface area contributed by atoms with Crippen LogP contribution in [0.4, 0.5) is 5.69 Å². The molecule has 2 aromatic carbocycles. The van der Waals surface area contributed by atoms with Gasteiger partial charge in [0.25, 0.3) is 10.0 Å². The first-order valence-corrected chi connectivity index (χ1v) is 8.58. The predicted octanol–water partition coefficient (Wildman–Crippen LogP) is 3.85. The van der Waals surface area contributed by atoms with Gasteiger partial charge in [-0.2, -0.15) is 0 Å². The molecule has 1 saturated carbocycles. The Morgan fingerprint density at radius 2 is 1.62 bits per heavy atom. The Hall–Kier alpha value is -1.81.